The Hall–Kier alpha value is -2.31. The number of nitrogens with one attached hydrogen (secondary N) is 1. The van der Waals surface area contributed by atoms with Crippen molar-refractivity contribution in [2.45, 2.75) is 44.3 Å². The minimum Gasteiger partial charge on any atom is -0.342 e. The average molecular weight is 415 g/mol. The van der Waals surface area contributed by atoms with Crippen LogP contribution in [0.1, 0.15) is 47.2 Å². The summed E-state index contributed by atoms with van der Waals surface area (Å²) in [7, 11) is 0. The number of nitrogens with zero attached hydrogens (tertiary/aromatic N) is 3. The van der Waals surface area contributed by atoms with Crippen molar-refractivity contribution in [2.75, 3.05) is 0 Å². The van der Waals surface area contributed by atoms with Crippen molar-refractivity contribution >= 4 is 29.3 Å². The third-order valence-corrected chi connectivity index (χ3v) is 5.76. The van der Waals surface area contributed by atoms with E-state index in [2.05, 4.69) is 22.4 Å². The number of carbonyl (C=O) groups is 1. The fraction of sp³-hybridized carbons (Fsp3) is 0.286. The van der Waals surface area contributed by atoms with E-state index in [1.807, 2.05) is 66.9 Å². The van der Waals surface area contributed by atoms with Gasteiger partial charge in [0, 0.05) is 22.9 Å². The second kappa shape index (κ2) is 9.26. The Kier molecular flexibility index (Phi) is 6.75. The molecule has 0 saturated carbocycles. The number of thioether (sulfide) groups is 1. The molecule has 146 valence electrons. The van der Waals surface area contributed by atoms with Gasteiger partial charge >= 0.3 is 0 Å². The molecule has 0 bridgehead atoms. The monoisotopic (exact) mass is 414 g/mol. The molecule has 0 radical (unpaired) electrons. The highest BCUT2D eigenvalue weighted by Gasteiger charge is 2.20. The highest BCUT2D eigenvalue weighted by molar-refractivity contribution is 7.98. The Morgan fingerprint density at radius 2 is 1.89 bits per heavy atom. The van der Waals surface area contributed by atoms with E-state index in [9.17, 15) is 4.79 Å². The van der Waals surface area contributed by atoms with Gasteiger partial charge < -0.3 is 9.88 Å². The van der Waals surface area contributed by atoms with Crippen LogP contribution in [-0.2, 0) is 12.3 Å². The molecule has 1 amide bonds. The SMILES string of the molecule is CCn1c(SCc2ccc(Cl)cc2)nnc1[C@H](C)NC(=O)c1ccccc1C. The minimum absolute atomic E-state index is 0.105. The molecular formula is C21H23ClN4OS. The second-order valence-corrected chi connectivity index (χ2v) is 7.89. The lowest BCUT2D eigenvalue weighted by Crippen LogP contribution is -2.29. The normalized spacial score (nSPS) is 12.0. The molecule has 3 aromatic rings. The van der Waals surface area contributed by atoms with E-state index >= 15 is 0 Å². The van der Waals surface area contributed by atoms with Gasteiger partial charge in [0.05, 0.1) is 6.04 Å². The summed E-state index contributed by atoms with van der Waals surface area (Å²) in [5.74, 6) is 1.42. The van der Waals surface area contributed by atoms with Gasteiger partial charge in [-0.2, -0.15) is 0 Å². The predicted molar refractivity (Wildman–Crippen MR) is 114 cm³/mol. The van der Waals surface area contributed by atoms with Crippen LogP contribution in [0.2, 0.25) is 5.02 Å². The number of aromatic nitrogens is 3. The van der Waals surface area contributed by atoms with Crippen LogP contribution < -0.4 is 5.32 Å². The number of hydrogen-bond acceptors (Lipinski definition) is 4. The number of benzene rings is 2. The zero-order valence-electron chi connectivity index (χ0n) is 16.1. The van der Waals surface area contributed by atoms with Crippen molar-refractivity contribution in [1.82, 2.24) is 20.1 Å². The molecule has 5 nitrogen and oxygen atoms in total. The molecule has 0 aliphatic carbocycles. The first kappa shape index (κ1) is 20.4. The lowest BCUT2D eigenvalue weighted by Gasteiger charge is -2.16. The Bertz CT molecular complexity index is 955. The molecule has 0 spiro atoms. The average Bonchev–Trinajstić information content (AvgIpc) is 3.11. The molecule has 3 rings (SSSR count). The number of carbonyl (C=O) groups excluding carboxylic acids is 1. The van der Waals surface area contributed by atoms with Crippen LogP contribution in [0.15, 0.2) is 53.7 Å². The fourth-order valence-electron chi connectivity index (χ4n) is 2.92. The summed E-state index contributed by atoms with van der Waals surface area (Å²) in [6.45, 7) is 6.64. The fourth-order valence-corrected chi connectivity index (χ4v) is 4.01. The van der Waals surface area contributed by atoms with Gasteiger partial charge in [0.1, 0.15) is 0 Å². The smallest absolute Gasteiger partial charge is 0.252 e. The van der Waals surface area contributed by atoms with Crippen LogP contribution in [0.4, 0.5) is 0 Å². The maximum atomic E-state index is 12.6. The standard InChI is InChI=1S/C21H23ClN4OS/c1-4-26-19(15(3)23-20(27)18-8-6-5-7-14(18)2)24-25-21(26)28-13-16-9-11-17(22)12-10-16/h5-12,15H,4,13H2,1-3H3,(H,23,27)/t15-/m0/s1. The molecule has 0 saturated heterocycles. The summed E-state index contributed by atoms with van der Waals surface area (Å²) in [6.07, 6.45) is 0. The third-order valence-electron chi connectivity index (χ3n) is 4.47. The maximum Gasteiger partial charge on any atom is 0.252 e. The van der Waals surface area contributed by atoms with Gasteiger partial charge in [-0.1, -0.05) is 53.7 Å². The highest BCUT2D eigenvalue weighted by atomic mass is 35.5. The van der Waals surface area contributed by atoms with Crippen molar-refractivity contribution in [1.29, 1.82) is 0 Å². The lowest BCUT2D eigenvalue weighted by atomic mass is 10.1. The van der Waals surface area contributed by atoms with Crippen LogP contribution in [0.5, 0.6) is 0 Å². The molecule has 28 heavy (non-hydrogen) atoms. The molecular weight excluding hydrogens is 392 g/mol. The van der Waals surface area contributed by atoms with Crippen LogP contribution in [0, 0.1) is 6.92 Å². The maximum absolute atomic E-state index is 12.6. The summed E-state index contributed by atoms with van der Waals surface area (Å²) in [5.41, 5.74) is 2.79. The van der Waals surface area contributed by atoms with Crippen molar-refractivity contribution in [3.05, 3.63) is 76.1 Å². The summed E-state index contributed by atoms with van der Waals surface area (Å²) in [4.78, 5) is 12.6. The van der Waals surface area contributed by atoms with Crippen molar-refractivity contribution in [3.8, 4) is 0 Å². The summed E-state index contributed by atoms with van der Waals surface area (Å²) in [6, 6.07) is 15.1. The molecule has 0 unspecified atom stereocenters. The van der Waals surface area contributed by atoms with Gasteiger partial charge in [0.2, 0.25) is 0 Å². The topological polar surface area (TPSA) is 59.8 Å². The van der Waals surface area contributed by atoms with E-state index in [0.717, 1.165) is 33.9 Å². The Morgan fingerprint density at radius 3 is 2.57 bits per heavy atom. The highest BCUT2D eigenvalue weighted by Crippen LogP contribution is 2.25. The summed E-state index contributed by atoms with van der Waals surface area (Å²) < 4.78 is 2.05. The molecule has 1 heterocycles. The first-order valence-electron chi connectivity index (χ1n) is 9.16. The third kappa shape index (κ3) is 4.75. The van der Waals surface area contributed by atoms with Crippen molar-refractivity contribution in [2.24, 2.45) is 0 Å². The number of amides is 1. The van der Waals surface area contributed by atoms with Crippen molar-refractivity contribution in [3.63, 3.8) is 0 Å². The Labute approximate surface area is 174 Å². The van der Waals surface area contributed by atoms with Gasteiger partial charge in [-0.05, 0) is 50.1 Å². The molecule has 1 aromatic heterocycles. The van der Waals surface area contributed by atoms with E-state index < -0.39 is 0 Å². The van der Waals surface area contributed by atoms with Gasteiger partial charge in [-0.3, -0.25) is 4.79 Å². The molecule has 2 aromatic carbocycles. The largest absolute Gasteiger partial charge is 0.342 e. The van der Waals surface area contributed by atoms with Crippen LogP contribution >= 0.6 is 23.4 Å². The predicted octanol–water partition coefficient (Wildman–Crippen LogP) is 5.04. The second-order valence-electron chi connectivity index (χ2n) is 6.51. The quantitative estimate of drug-likeness (QED) is 0.550. The van der Waals surface area contributed by atoms with E-state index in [1.54, 1.807) is 11.8 Å². The van der Waals surface area contributed by atoms with E-state index in [4.69, 9.17) is 11.6 Å². The molecule has 0 aliphatic rings. The number of halogens is 1. The molecule has 7 heteroatoms. The first-order chi connectivity index (χ1) is 13.5. The molecule has 1 atom stereocenters. The van der Waals surface area contributed by atoms with E-state index in [-0.39, 0.29) is 11.9 Å². The molecule has 0 aliphatic heterocycles. The van der Waals surface area contributed by atoms with E-state index in [1.165, 1.54) is 5.56 Å². The van der Waals surface area contributed by atoms with E-state index in [0.29, 0.717) is 5.56 Å². The number of rotatable bonds is 7. The Balaban J connectivity index is 1.70. The van der Waals surface area contributed by atoms with Gasteiger partial charge in [0.25, 0.3) is 5.91 Å². The summed E-state index contributed by atoms with van der Waals surface area (Å²) in [5, 5.41) is 13.3. The summed E-state index contributed by atoms with van der Waals surface area (Å²) >= 11 is 7.56. The van der Waals surface area contributed by atoms with Gasteiger partial charge in [-0.15, -0.1) is 10.2 Å². The lowest BCUT2D eigenvalue weighted by molar-refractivity contribution is 0.0937. The van der Waals surface area contributed by atoms with Crippen LogP contribution in [0.3, 0.4) is 0 Å². The van der Waals surface area contributed by atoms with Gasteiger partial charge in [-0.25, -0.2) is 0 Å². The molecule has 0 fully saturated rings. The number of aryl methyl sites for hydroxylation is 1. The van der Waals surface area contributed by atoms with Crippen molar-refractivity contribution < 1.29 is 4.79 Å². The zero-order valence-corrected chi connectivity index (χ0v) is 17.7. The zero-order chi connectivity index (χ0) is 20.1. The van der Waals surface area contributed by atoms with Crippen LogP contribution in [0.25, 0.3) is 0 Å². The Morgan fingerprint density at radius 1 is 1.18 bits per heavy atom. The minimum atomic E-state index is -0.246. The first-order valence-corrected chi connectivity index (χ1v) is 10.5. The van der Waals surface area contributed by atoms with Crippen LogP contribution in [-0.4, -0.2) is 20.7 Å². The van der Waals surface area contributed by atoms with Gasteiger partial charge in [0.15, 0.2) is 11.0 Å². The molecule has 1 N–H and O–H groups in total. The number of hydrogen-bond donors (Lipinski definition) is 1.